The molecule has 0 aliphatic heterocycles. The van der Waals surface area contributed by atoms with Gasteiger partial charge in [0.2, 0.25) is 0 Å². The van der Waals surface area contributed by atoms with Crippen LogP contribution in [0.2, 0.25) is 10.0 Å². The number of benzene rings is 2. The van der Waals surface area contributed by atoms with Crippen LogP contribution in [-0.2, 0) is 0 Å². The second kappa shape index (κ2) is 9.28. The molecule has 4 N–H and O–H groups in total. The average Bonchev–Trinajstić information content (AvgIpc) is 3.37. The Balaban J connectivity index is 1.62. The molecular weight excluding hydrogens is 555 g/mol. The van der Waals surface area contributed by atoms with Crippen LogP contribution < -0.4 is 10.5 Å². The zero-order chi connectivity index (χ0) is 24.0. The molecule has 0 aliphatic rings. The van der Waals surface area contributed by atoms with Gasteiger partial charge in [-0.25, -0.2) is 9.97 Å². The molecule has 0 spiro atoms. The van der Waals surface area contributed by atoms with Crippen LogP contribution in [0, 0.1) is 13.8 Å². The van der Waals surface area contributed by atoms with Gasteiger partial charge in [0.05, 0.1) is 25.9 Å². The number of aromatic nitrogens is 4. The first-order valence-corrected chi connectivity index (χ1v) is 12.7. The van der Waals surface area contributed by atoms with Crippen molar-refractivity contribution in [1.29, 1.82) is 0 Å². The first kappa shape index (κ1) is 23.3. The van der Waals surface area contributed by atoms with E-state index in [4.69, 9.17) is 33.3 Å². The summed E-state index contributed by atoms with van der Waals surface area (Å²) in [6, 6.07) is 15.4. The summed E-state index contributed by atoms with van der Waals surface area (Å²) in [7, 11) is 0. The second-order valence-corrected chi connectivity index (χ2v) is 10.1. The number of nitrogens with zero attached hydrogens (tertiary/aromatic N) is 3. The highest BCUT2D eigenvalue weighted by atomic mass is 79.9. The van der Waals surface area contributed by atoms with Crippen molar-refractivity contribution in [2.45, 2.75) is 18.7 Å². The standard InChI is InChI=1S/C24H19BrCl2N6S/c1-12-9-16(13(2)33(12)22-18(26)7-4-8-19(22)27)23-31-21-20(17(25)11-29-24(21)32-23)30-14-5-3-6-15(10-14)34-28/h3-11H,28H2,1-2H3,(H2,29,30,31,32). The number of hydrogen-bond donors (Lipinski definition) is 3. The fraction of sp³-hybridized carbons (Fsp3) is 0.0833. The van der Waals surface area contributed by atoms with Gasteiger partial charge in [0.25, 0.3) is 0 Å². The Morgan fingerprint density at radius 1 is 1.09 bits per heavy atom. The van der Waals surface area contributed by atoms with E-state index in [1.165, 1.54) is 11.9 Å². The van der Waals surface area contributed by atoms with E-state index in [0.717, 1.165) is 48.9 Å². The molecule has 0 aliphatic carbocycles. The van der Waals surface area contributed by atoms with Gasteiger partial charge < -0.3 is 14.9 Å². The third kappa shape index (κ3) is 4.10. The predicted molar refractivity (Wildman–Crippen MR) is 146 cm³/mol. The number of aryl methyl sites for hydroxylation is 1. The van der Waals surface area contributed by atoms with Gasteiger partial charge >= 0.3 is 0 Å². The Morgan fingerprint density at radius 3 is 2.56 bits per heavy atom. The lowest BCUT2D eigenvalue weighted by molar-refractivity contribution is 0.966. The van der Waals surface area contributed by atoms with E-state index in [2.05, 4.69) is 37.3 Å². The molecule has 0 saturated heterocycles. The van der Waals surface area contributed by atoms with Gasteiger partial charge in [0, 0.05) is 33.7 Å². The second-order valence-electron chi connectivity index (χ2n) is 7.72. The number of para-hydroxylation sites is 1. The van der Waals surface area contributed by atoms with Crippen molar-refractivity contribution in [3.05, 3.63) is 80.6 Å². The number of halogens is 3. The van der Waals surface area contributed by atoms with Crippen LogP contribution in [-0.4, -0.2) is 19.5 Å². The summed E-state index contributed by atoms with van der Waals surface area (Å²) in [5, 5.41) is 10.3. The number of fused-ring (bicyclic) bond motifs is 1. The molecule has 0 amide bonds. The number of rotatable bonds is 5. The maximum absolute atomic E-state index is 6.50. The minimum atomic E-state index is 0.584. The topological polar surface area (TPSA) is 84.6 Å². The molecule has 2 aromatic carbocycles. The SMILES string of the molecule is Cc1cc(-c2nc3c(Nc4cccc(SN)c4)c(Br)cnc3[nH]2)c(C)n1-c1c(Cl)cccc1Cl. The lowest BCUT2D eigenvalue weighted by atomic mass is 10.2. The Morgan fingerprint density at radius 2 is 1.82 bits per heavy atom. The predicted octanol–water partition coefficient (Wildman–Crippen LogP) is 7.81. The summed E-state index contributed by atoms with van der Waals surface area (Å²) in [5.74, 6) is 0.706. The van der Waals surface area contributed by atoms with Gasteiger partial charge in [-0.3, -0.25) is 5.14 Å². The Bertz CT molecular complexity index is 1520. The highest BCUT2D eigenvalue weighted by Crippen LogP contribution is 2.37. The summed E-state index contributed by atoms with van der Waals surface area (Å²) in [5.41, 5.74) is 6.76. The van der Waals surface area contributed by atoms with Crippen molar-refractivity contribution in [2.75, 3.05) is 5.32 Å². The molecule has 0 fully saturated rings. The van der Waals surface area contributed by atoms with Gasteiger partial charge in [-0.15, -0.1) is 0 Å². The van der Waals surface area contributed by atoms with Crippen molar-refractivity contribution in [2.24, 2.45) is 5.14 Å². The van der Waals surface area contributed by atoms with Crippen molar-refractivity contribution < 1.29 is 0 Å². The molecule has 6 nitrogen and oxygen atoms in total. The summed E-state index contributed by atoms with van der Waals surface area (Å²) in [4.78, 5) is 13.8. The van der Waals surface area contributed by atoms with Gasteiger partial charge in [-0.05, 0) is 78.1 Å². The molecule has 172 valence electrons. The normalized spacial score (nSPS) is 11.4. The van der Waals surface area contributed by atoms with Crippen LogP contribution in [0.15, 0.2) is 64.1 Å². The number of pyridine rings is 1. The molecule has 5 rings (SSSR count). The Labute approximate surface area is 219 Å². The fourth-order valence-corrected chi connectivity index (χ4v) is 5.33. The van der Waals surface area contributed by atoms with E-state index < -0.39 is 0 Å². The monoisotopic (exact) mass is 572 g/mol. The van der Waals surface area contributed by atoms with E-state index in [-0.39, 0.29) is 0 Å². The molecule has 0 radical (unpaired) electrons. The summed E-state index contributed by atoms with van der Waals surface area (Å²) in [6.45, 7) is 4.04. The van der Waals surface area contributed by atoms with Gasteiger partial charge in [-0.1, -0.05) is 35.3 Å². The van der Waals surface area contributed by atoms with Gasteiger partial charge in [-0.2, -0.15) is 0 Å². The minimum Gasteiger partial charge on any atom is -0.353 e. The van der Waals surface area contributed by atoms with Crippen LogP contribution >= 0.6 is 51.1 Å². The van der Waals surface area contributed by atoms with Crippen molar-refractivity contribution in [1.82, 2.24) is 19.5 Å². The molecule has 0 unspecified atom stereocenters. The summed E-state index contributed by atoms with van der Waals surface area (Å²) in [6.07, 6.45) is 1.75. The number of nitrogens with two attached hydrogens (primary N) is 1. The van der Waals surface area contributed by atoms with E-state index in [1.807, 2.05) is 60.9 Å². The number of nitrogens with one attached hydrogen (secondary N) is 2. The number of H-pyrrole nitrogens is 1. The molecule has 3 heterocycles. The summed E-state index contributed by atoms with van der Waals surface area (Å²) < 4.78 is 2.85. The van der Waals surface area contributed by atoms with E-state index in [1.54, 1.807) is 6.20 Å². The van der Waals surface area contributed by atoms with Crippen molar-refractivity contribution in [3.63, 3.8) is 0 Å². The molecule has 10 heteroatoms. The zero-order valence-corrected chi connectivity index (χ0v) is 22.1. The number of imidazole rings is 1. The first-order chi connectivity index (χ1) is 16.4. The smallest absolute Gasteiger partial charge is 0.159 e. The molecule has 0 bridgehead atoms. The van der Waals surface area contributed by atoms with E-state index in [0.29, 0.717) is 21.5 Å². The van der Waals surface area contributed by atoms with Crippen molar-refractivity contribution >= 4 is 73.6 Å². The third-order valence-electron chi connectivity index (χ3n) is 5.55. The molecule has 34 heavy (non-hydrogen) atoms. The van der Waals surface area contributed by atoms with Crippen LogP contribution in [0.25, 0.3) is 28.2 Å². The highest BCUT2D eigenvalue weighted by molar-refractivity contribution is 9.10. The number of aromatic amines is 1. The summed E-state index contributed by atoms with van der Waals surface area (Å²) >= 11 is 17.8. The molecule has 0 saturated carbocycles. The fourth-order valence-electron chi connectivity index (χ4n) is 4.02. The van der Waals surface area contributed by atoms with Crippen LogP contribution in [0.3, 0.4) is 0 Å². The van der Waals surface area contributed by atoms with Gasteiger partial charge in [0.15, 0.2) is 5.65 Å². The van der Waals surface area contributed by atoms with E-state index in [9.17, 15) is 0 Å². The molecule has 3 aromatic heterocycles. The highest BCUT2D eigenvalue weighted by Gasteiger charge is 2.20. The molecule has 0 atom stereocenters. The Kier molecular flexibility index (Phi) is 6.35. The maximum atomic E-state index is 6.50. The third-order valence-corrected chi connectivity index (χ3v) is 7.29. The lowest BCUT2D eigenvalue weighted by Crippen LogP contribution is -2.01. The quantitative estimate of drug-likeness (QED) is 0.187. The average molecular weight is 574 g/mol. The Hall–Kier alpha value is -2.49. The van der Waals surface area contributed by atoms with Crippen LogP contribution in [0.4, 0.5) is 11.4 Å². The molecular formula is C24H19BrCl2N6S. The molecule has 5 aromatic rings. The lowest BCUT2D eigenvalue weighted by Gasteiger charge is -2.13. The van der Waals surface area contributed by atoms with Gasteiger partial charge in [0.1, 0.15) is 11.3 Å². The maximum Gasteiger partial charge on any atom is 0.159 e. The van der Waals surface area contributed by atoms with E-state index >= 15 is 0 Å². The van der Waals surface area contributed by atoms with Crippen molar-refractivity contribution in [3.8, 4) is 17.1 Å². The zero-order valence-electron chi connectivity index (χ0n) is 18.2. The minimum absolute atomic E-state index is 0.584. The number of hydrogen-bond acceptors (Lipinski definition) is 5. The van der Waals surface area contributed by atoms with Crippen LogP contribution in [0.1, 0.15) is 11.4 Å². The van der Waals surface area contributed by atoms with Crippen LogP contribution in [0.5, 0.6) is 0 Å². The number of anilines is 2. The first-order valence-electron chi connectivity index (χ1n) is 10.3. The largest absolute Gasteiger partial charge is 0.353 e.